The molecule has 0 spiro atoms. The van der Waals surface area contributed by atoms with Gasteiger partial charge in [0.2, 0.25) is 0 Å². The average molecular weight is 264 g/mol. The Morgan fingerprint density at radius 2 is 2.06 bits per heavy atom. The number of nitrogens with zero attached hydrogens (tertiary/aromatic N) is 1. The second kappa shape index (κ2) is 4.94. The number of aromatic amines is 1. The number of nitrogens with one attached hydrogen (secondary N) is 1. The van der Waals surface area contributed by atoms with Gasteiger partial charge in [-0.05, 0) is 29.3 Å². The Hall–Kier alpha value is -1.62. The summed E-state index contributed by atoms with van der Waals surface area (Å²) in [6.07, 6.45) is 0. The molecule has 96 valence electrons. The predicted octanol–water partition coefficient (Wildman–Crippen LogP) is 3.61. The van der Waals surface area contributed by atoms with Crippen molar-refractivity contribution in [2.45, 2.75) is 32.8 Å². The van der Waals surface area contributed by atoms with Gasteiger partial charge in [-0.2, -0.15) is 0 Å². The molecule has 0 atom stereocenters. The zero-order chi connectivity index (χ0) is 13.2. The number of rotatable bonds is 3. The number of hydrogen-bond donors (Lipinski definition) is 1. The van der Waals surface area contributed by atoms with Gasteiger partial charge in [0, 0.05) is 0 Å². The number of para-hydroxylation sites is 1. The van der Waals surface area contributed by atoms with Gasteiger partial charge in [0.15, 0.2) is 6.61 Å². The Kier molecular flexibility index (Phi) is 3.52. The van der Waals surface area contributed by atoms with E-state index in [2.05, 4.69) is 37.0 Å². The van der Waals surface area contributed by atoms with Crippen molar-refractivity contribution in [3.8, 4) is 5.75 Å². The molecule has 2 aromatic rings. The molecule has 0 saturated carbocycles. The third kappa shape index (κ3) is 2.98. The third-order valence-electron chi connectivity index (χ3n) is 2.53. The highest BCUT2D eigenvalue weighted by Gasteiger charge is 2.18. The van der Waals surface area contributed by atoms with Crippen LogP contribution in [0.3, 0.4) is 0 Å². The Morgan fingerprint density at radius 3 is 2.67 bits per heavy atom. The molecule has 1 heterocycles. The SMILES string of the molecule is CC(C)(C)c1ccccc1OCc1n[nH]c(=S)o1. The van der Waals surface area contributed by atoms with Gasteiger partial charge in [-0.3, -0.25) is 0 Å². The van der Waals surface area contributed by atoms with Crippen LogP contribution >= 0.6 is 12.2 Å². The highest BCUT2D eigenvalue weighted by molar-refractivity contribution is 7.71. The van der Waals surface area contributed by atoms with Crippen LogP contribution in [-0.4, -0.2) is 10.2 Å². The van der Waals surface area contributed by atoms with Crippen molar-refractivity contribution in [2.75, 3.05) is 0 Å². The predicted molar refractivity (Wildman–Crippen MR) is 71.2 cm³/mol. The van der Waals surface area contributed by atoms with Gasteiger partial charge in [-0.1, -0.05) is 39.0 Å². The van der Waals surface area contributed by atoms with Crippen LogP contribution in [0.1, 0.15) is 32.2 Å². The van der Waals surface area contributed by atoms with Gasteiger partial charge in [0.05, 0.1) is 0 Å². The minimum atomic E-state index is 0.0302. The maximum Gasteiger partial charge on any atom is 0.284 e. The fourth-order valence-corrected chi connectivity index (χ4v) is 1.82. The topological polar surface area (TPSA) is 51.0 Å². The zero-order valence-electron chi connectivity index (χ0n) is 10.7. The van der Waals surface area contributed by atoms with E-state index >= 15 is 0 Å². The molecule has 1 N–H and O–H groups in total. The maximum atomic E-state index is 5.74. The molecule has 4 nitrogen and oxygen atoms in total. The van der Waals surface area contributed by atoms with E-state index in [0.29, 0.717) is 5.89 Å². The van der Waals surface area contributed by atoms with E-state index in [0.717, 1.165) is 11.3 Å². The fourth-order valence-electron chi connectivity index (χ4n) is 1.67. The largest absolute Gasteiger partial charge is 0.484 e. The molecule has 1 aromatic carbocycles. The van der Waals surface area contributed by atoms with E-state index in [-0.39, 0.29) is 16.9 Å². The van der Waals surface area contributed by atoms with Crippen molar-refractivity contribution in [3.05, 3.63) is 40.6 Å². The summed E-state index contributed by atoms with van der Waals surface area (Å²) in [7, 11) is 0. The first kappa shape index (κ1) is 12.8. The lowest BCUT2D eigenvalue weighted by Crippen LogP contribution is -2.13. The second-order valence-electron chi connectivity index (χ2n) is 5.04. The molecule has 0 aliphatic heterocycles. The number of ether oxygens (including phenoxy) is 1. The van der Waals surface area contributed by atoms with Crippen molar-refractivity contribution in [2.24, 2.45) is 0 Å². The summed E-state index contributed by atoms with van der Waals surface area (Å²) < 4.78 is 10.9. The zero-order valence-corrected chi connectivity index (χ0v) is 11.5. The van der Waals surface area contributed by atoms with E-state index in [9.17, 15) is 0 Å². The second-order valence-corrected chi connectivity index (χ2v) is 5.41. The standard InChI is InChI=1S/C13H16N2O2S/c1-13(2,3)9-6-4-5-7-10(9)16-8-11-14-15-12(18)17-11/h4-7H,8H2,1-3H3,(H,15,18). The Labute approximate surface area is 111 Å². The molecule has 0 aliphatic carbocycles. The molecule has 0 saturated heterocycles. The molecule has 18 heavy (non-hydrogen) atoms. The van der Waals surface area contributed by atoms with Crippen molar-refractivity contribution in [1.29, 1.82) is 0 Å². The number of H-pyrrole nitrogens is 1. The number of hydrogen-bond acceptors (Lipinski definition) is 4. The van der Waals surface area contributed by atoms with Crippen LogP contribution in [0.4, 0.5) is 0 Å². The average Bonchev–Trinajstić information content (AvgIpc) is 2.72. The van der Waals surface area contributed by atoms with Crippen molar-refractivity contribution >= 4 is 12.2 Å². The lowest BCUT2D eigenvalue weighted by atomic mass is 9.86. The lowest BCUT2D eigenvalue weighted by Gasteiger charge is -2.22. The Morgan fingerprint density at radius 1 is 1.33 bits per heavy atom. The Balaban J connectivity index is 2.17. The van der Waals surface area contributed by atoms with Gasteiger partial charge in [-0.15, -0.1) is 5.10 Å². The van der Waals surface area contributed by atoms with Crippen LogP contribution < -0.4 is 4.74 Å². The molecular weight excluding hydrogens is 248 g/mol. The molecule has 0 amide bonds. The van der Waals surface area contributed by atoms with E-state index in [1.165, 1.54) is 0 Å². The summed E-state index contributed by atoms with van der Waals surface area (Å²) in [4.78, 5) is 0.262. The van der Waals surface area contributed by atoms with E-state index < -0.39 is 0 Å². The van der Waals surface area contributed by atoms with E-state index in [1.54, 1.807) is 0 Å². The van der Waals surface area contributed by atoms with Crippen LogP contribution in [0.5, 0.6) is 5.75 Å². The monoisotopic (exact) mass is 264 g/mol. The minimum Gasteiger partial charge on any atom is -0.484 e. The molecule has 0 bridgehead atoms. The quantitative estimate of drug-likeness (QED) is 0.860. The number of aromatic nitrogens is 2. The summed E-state index contributed by atoms with van der Waals surface area (Å²) >= 11 is 4.81. The smallest absolute Gasteiger partial charge is 0.284 e. The van der Waals surface area contributed by atoms with Crippen molar-refractivity contribution in [1.82, 2.24) is 10.2 Å². The van der Waals surface area contributed by atoms with Crippen LogP contribution in [0.25, 0.3) is 0 Å². The van der Waals surface area contributed by atoms with E-state index in [4.69, 9.17) is 21.4 Å². The fraction of sp³-hybridized carbons (Fsp3) is 0.385. The summed E-state index contributed by atoms with van der Waals surface area (Å²) in [6, 6.07) is 7.97. The van der Waals surface area contributed by atoms with Gasteiger partial charge in [-0.25, -0.2) is 5.10 Å². The van der Waals surface area contributed by atoms with Crippen molar-refractivity contribution in [3.63, 3.8) is 0 Å². The summed E-state index contributed by atoms with van der Waals surface area (Å²) in [5, 5.41) is 6.47. The minimum absolute atomic E-state index is 0.0302. The summed E-state index contributed by atoms with van der Waals surface area (Å²) in [6.45, 7) is 6.71. The third-order valence-corrected chi connectivity index (χ3v) is 2.70. The summed E-state index contributed by atoms with van der Waals surface area (Å²) in [5.41, 5.74) is 1.18. The molecule has 2 rings (SSSR count). The summed E-state index contributed by atoms with van der Waals surface area (Å²) in [5.74, 6) is 1.29. The van der Waals surface area contributed by atoms with Gasteiger partial charge in [0.1, 0.15) is 5.75 Å². The highest BCUT2D eigenvalue weighted by Crippen LogP contribution is 2.31. The number of benzene rings is 1. The molecule has 5 heteroatoms. The molecule has 0 aliphatic rings. The molecule has 0 radical (unpaired) electrons. The highest BCUT2D eigenvalue weighted by atomic mass is 32.1. The molecule has 0 fully saturated rings. The molecule has 0 unspecified atom stereocenters. The van der Waals surface area contributed by atoms with Crippen LogP contribution in [0.2, 0.25) is 0 Å². The van der Waals surface area contributed by atoms with E-state index in [1.807, 2.05) is 18.2 Å². The molecule has 1 aromatic heterocycles. The van der Waals surface area contributed by atoms with Gasteiger partial charge >= 0.3 is 0 Å². The van der Waals surface area contributed by atoms with Gasteiger partial charge in [0.25, 0.3) is 10.7 Å². The maximum absolute atomic E-state index is 5.74. The van der Waals surface area contributed by atoms with Crippen LogP contribution in [0, 0.1) is 4.84 Å². The first-order chi connectivity index (χ1) is 8.47. The normalized spacial score (nSPS) is 11.5. The van der Waals surface area contributed by atoms with Gasteiger partial charge < -0.3 is 9.15 Å². The first-order valence-electron chi connectivity index (χ1n) is 5.73. The van der Waals surface area contributed by atoms with Crippen LogP contribution in [0.15, 0.2) is 28.7 Å². The van der Waals surface area contributed by atoms with Crippen molar-refractivity contribution < 1.29 is 9.15 Å². The lowest BCUT2D eigenvalue weighted by molar-refractivity contribution is 0.256. The Bertz CT molecular complexity index is 581. The van der Waals surface area contributed by atoms with Crippen LogP contribution in [-0.2, 0) is 12.0 Å². The first-order valence-corrected chi connectivity index (χ1v) is 6.14. The molecular formula is C13H16N2O2S.